The molecule has 7 N–H and O–H groups in total. The molecule has 0 radical (unpaired) electrons. The number of rotatable bonds is 8. The van der Waals surface area contributed by atoms with Crippen LogP contribution in [-0.4, -0.2) is 72.6 Å². The Bertz CT molecular complexity index is 621. The Morgan fingerprint density at radius 2 is 1.69 bits per heavy atom. The number of aliphatic carboxylic acids is 3. The topological polar surface area (TPSA) is 218 Å². The monoisotopic (exact) mass is 374 g/mol. The SMILES string of the molecule is N[C@@H](CC(=O)O)C(=O)O.O=C(O)C(O)C(O)C(=O)OCc1cccnc1. The van der Waals surface area contributed by atoms with Crippen molar-refractivity contribution < 1.29 is 49.4 Å². The summed E-state index contributed by atoms with van der Waals surface area (Å²) in [5.74, 6) is -5.40. The number of aliphatic hydroxyl groups is 2. The number of ether oxygens (including phenoxy) is 1. The first-order valence-corrected chi connectivity index (χ1v) is 6.90. The highest BCUT2D eigenvalue weighted by molar-refractivity contribution is 5.84. The fraction of sp³-hybridized carbons (Fsp3) is 0.357. The zero-order valence-corrected chi connectivity index (χ0v) is 13.3. The summed E-state index contributed by atoms with van der Waals surface area (Å²) >= 11 is 0. The van der Waals surface area contributed by atoms with E-state index in [2.05, 4.69) is 9.72 Å². The van der Waals surface area contributed by atoms with Gasteiger partial charge in [-0.15, -0.1) is 0 Å². The van der Waals surface area contributed by atoms with Crippen molar-refractivity contribution >= 4 is 23.9 Å². The molecule has 1 heterocycles. The van der Waals surface area contributed by atoms with Crippen LogP contribution in [0.4, 0.5) is 0 Å². The normalized spacial score (nSPS) is 13.3. The Morgan fingerprint density at radius 1 is 1.08 bits per heavy atom. The summed E-state index contributed by atoms with van der Waals surface area (Å²) < 4.78 is 4.61. The van der Waals surface area contributed by atoms with Crippen molar-refractivity contribution in [2.75, 3.05) is 0 Å². The van der Waals surface area contributed by atoms with E-state index in [0.29, 0.717) is 5.56 Å². The number of esters is 1. The molecule has 0 aliphatic rings. The largest absolute Gasteiger partial charge is 0.481 e. The Morgan fingerprint density at radius 3 is 2.08 bits per heavy atom. The molecule has 0 aliphatic carbocycles. The highest BCUT2D eigenvalue weighted by Gasteiger charge is 2.31. The highest BCUT2D eigenvalue weighted by Crippen LogP contribution is 2.02. The van der Waals surface area contributed by atoms with Crippen LogP contribution in [0, 0.1) is 0 Å². The molecule has 0 fully saturated rings. The van der Waals surface area contributed by atoms with E-state index in [1.807, 2.05) is 0 Å². The van der Waals surface area contributed by atoms with Crippen LogP contribution in [-0.2, 0) is 30.5 Å². The summed E-state index contributed by atoms with van der Waals surface area (Å²) in [5, 5.41) is 42.4. The number of aliphatic hydroxyl groups excluding tert-OH is 2. The van der Waals surface area contributed by atoms with E-state index in [-0.39, 0.29) is 6.61 Å². The van der Waals surface area contributed by atoms with Gasteiger partial charge in [-0.1, -0.05) is 6.07 Å². The fourth-order valence-electron chi connectivity index (χ4n) is 1.26. The van der Waals surface area contributed by atoms with Gasteiger partial charge in [0.25, 0.3) is 0 Å². The summed E-state index contributed by atoms with van der Waals surface area (Å²) in [6.45, 7) is -0.157. The van der Waals surface area contributed by atoms with Crippen LogP contribution in [0.15, 0.2) is 24.5 Å². The molecule has 0 saturated carbocycles. The summed E-state index contributed by atoms with van der Waals surface area (Å²) in [7, 11) is 0. The lowest BCUT2D eigenvalue weighted by Crippen LogP contribution is -2.40. The van der Waals surface area contributed by atoms with Crippen molar-refractivity contribution in [1.82, 2.24) is 4.98 Å². The number of nitrogens with two attached hydrogens (primary N) is 1. The van der Waals surface area contributed by atoms with Crippen molar-refractivity contribution in [1.29, 1.82) is 0 Å². The zero-order valence-electron chi connectivity index (χ0n) is 13.3. The van der Waals surface area contributed by atoms with E-state index >= 15 is 0 Å². The summed E-state index contributed by atoms with van der Waals surface area (Å²) in [5.41, 5.74) is 5.42. The van der Waals surface area contributed by atoms with Gasteiger partial charge in [-0.2, -0.15) is 0 Å². The van der Waals surface area contributed by atoms with Gasteiger partial charge in [0.15, 0.2) is 12.2 Å². The molecule has 1 aromatic rings. The van der Waals surface area contributed by atoms with Crippen LogP contribution in [0.25, 0.3) is 0 Å². The van der Waals surface area contributed by atoms with Gasteiger partial charge in [-0.05, 0) is 6.07 Å². The average molecular weight is 374 g/mol. The van der Waals surface area contributed by atoms with Crippen LogP contribution in [0.2, 0.25) is 0 Å². The van der Waals surface area contributed by atoms with Crippen molar-refractivity contribution in [3.05, 3.63) is 30.1 Å². The van der Waals surface area contributed by atoms with E-state index in [1.54, 1.807) is 12.1 Å². The number of carboxylic acid groups (broad SMARTS) is 3. The first-order valence-electron chi connectivity index (χ1n) is 6.90. The third kappa shape index (κ3) is 9.27. The van der Waals surface area contributed by atoms with E-state index in [9.17, 15) is 19.2 Å². The van der Waals surface area contributed by atoms with E-state index in [0.717, 1.165) is 0 Å². The van der Waals surface area contributed by atoms with Crippen LogP contribution >= 0.6 is 0 Å². The maximum atomic E-state index is 11.1. The Hall–Kier alpha value is -3.09. The minimum atomic E-state index is -2.20. The second kappa shape index (κ2) is 11.5. The molecule has 2 unspecified atom stereocenters. The number of carbonyl (C=O) groups is 4. The molecule has 0 bridgehead atoms. The van der Waals surface area contributed by atoms with Gasteiger partial charge in [0.05, 0.1) is 6.42 Å². The molecule has 144 valence electrons. The second-order valence-corrected chi connectivity index (χ2v) is 4.74. The van der Waals surface area contributed by atoms with Crippen LogP contribution in [0.3, 0.4) is 0 Å². The van der Waals surface area contributed by atoms with E-state index in [4.69, 9.17) is 31.3 Å². The molecule has 0 aliphatic heterocycles. The van der Waals surface area contributed by atoms with Crippen LogP contribution in [0.5, 0.6) is 0 Å². The molecule has 3 atom stereocenters. The first kappa shape index (κ1) is 22.9. The maximum absolute atomic E-state index is 11.1. The molecule has 1 aromatic heterocycles. The Labute approximate surface area is 146 Å². The number of hydrogen-bond donors (Lipinski definition) is 6. The summed E-state index contributed by atoms with van der Waals surface area (Å²) in [4.78, 5) is 44.8. The van der Waals surface area contributed by atoms with Crippen LogP contribution < -0.4 is 5.73 Å². The predicted molar refractivity (Wildman–Crippen MR) is 81.5 cm³/mol. The lowest BCUT2D eigenvalue weighted by atomic mass is 10.2. The summed E-state index contributed by atoms with van der Waals surface area (Å²) in [6.07, 6.45) is -1.85. The predicted octanol–water partition coefficient (Wildman–Crippen LogP) is -2.20. The van der Waals surface area contributed by atoms with E-state index in [1.165, 1.54) is 12.4 Å². The quantitative estimate of drug-likeness (QED) is 0.267. The molecule has 1 rings (SSSR count). The van der Waals surface area contributed by atoms with Gasteiger partial charge in [0, 0.05) is 18.0 Å². The molecule has 0 saturated heterocycles. The number of aromatic nitrogens is 1. The molecule has 0 aromatic carbocycles. The molecule has 12 nitrogen and oxygen atoms in total. The minimum absolute atomic E-state index is 0.157. The Kier molecular flexibility index (Phi) is 10.1. The number of carboxylic acids is 3. The van der Waals surface area contributed by atoms with Gasteiger partial charge in [-0.3, -0.25) is 14.6 Å². The molecule has 26 heavy (non-hydrogen) atoms. The zero-order chi connectivity index (χ0) is 20.3. The lowest BCUT2D eigenvalue weighted by molar-refractivity contribution is -0.170. The van der Waals surface area contributed by atoms with Gasteiger partial charge in [0.1, 0.15) is 12.6 Å². The van der Waals surface area contributed by atoms with Gasteiger partial charge >= 0.3 is 23.9 Å². The summed E-state index contributed by atoms with van der Waals surface area (Å²) in [6, 6.07) is 1.98. The second-order valence-electron chi connectivity index (χ2n) is 4.74. The van der Waals surface area contributed by atoms with Crippen molar-refractivity contribution in [2.24, 2.45) is 5.73 Å². The highest BCUT2D eigenvalue weighted by atomic mass is 16.6. The average Bonchev–Trinajstić information content (AvgIpc) is 2.59. The van der Waals surface area contributed by atoms with Crippen molar-refractivity contribution in [3.63, 3.8) is 0 Å². The number of hydrogen-bond acceptors (Lipinski definition) is 9. The fourth-order valence-corrected chi connectivity index (χ4v) is 1.26. The molecule has 0 spiro atoms. The number of carbonyl (C=O) groups excluding carboxylic acids is 1. The van der Waals surface area contributed by atoms with Crippen molar-refractivity contribution in [2.45, 2.75) is 31.3 Å². The van der Waals surface area contributed by atoms with Crippen molar-refractivity contribution in [3.8, 4) is 0 Å². The van der Waals surface area contributed by atoms with Gasteiger partial charge in [-0.25, -0.2) is 9.59 Å². The van der Waals surface area contributed by atoms with Gasteiger partial charge in [0.2, 0.25) is 0 Å². The molecular formula is C14H18N2O10. The van der Waals surface area contributed by atoms with Crippen LogP contribution in [0.1, 0.15) is 12.0 Å². The number of pyridine rings is 1. The van der Waals surface area contributed by atoms with Gasteiger partial charge < -0.3 is 36.0 Å². The van der Waals surface area contributed by atoms with E-state index < -0.39 is 48.5 Å². The minimum Gasteiger partial charge on any atom is -0.481 e. The standard InChI is InChI=1S/C10H11NO6.C4H7NO4/c12-7(9(14)15)8(13)10(16)17-5-6-2-1-3-11-4-6;5-2(4(8)9)1-3(6)7/h1-4,7-8,12-13H,5H2,(H,14,15);2H,1,5H2,(H,6,7)(H,8,9)/t;2-/m.0/s1. The third-order valence-electron chi connectivity index (χ3n) is 2.61. The third-order valence-corrected chi connectivity index (χ3v) is 2.61. The molecule has 0 amide bonds. The number of nitrogens with zero attached hydrogens (tertiary/aromatic N) is 1. The smallest absolute Gasteiger partial charge is 0.338 e. The maximum Gasteiger partial charge on any atom is 0.338 e. The molecule has 12 heteroatoms. The first-order chi connectivity index (χ1) is 12.1. The lowest BCUT2D eigenvalue weighted by Gasteiger charge is -2.12. The Balaban J connectivity index is 0.000000590. The molecular weight excluding hydrogens is 356 g/mol.